The van der Waals surface area contributed by atoms with Gasteiger partial charge in [0.15, 0.2) is 5.78 Å². The molecule has 5 rings (SSSR count). The van der Waals surface area contributed by atoms with E-state index in [-0.39, 0.29) is 45.0 Å². The molecule has 1 amide bonds. The Morgan fingerprint density at radius 1 is 1.15 bits per heavy atom. The highest BCUT2D eigenvalue weighted by Crippen LogP contribution is 2.66. The van der Waals surface area contributed by atoms with Gasteiger partial charge in [-0.2, -0.15) is 4.31 Å². The van der Waals surface area contributed by atoms with Gasteiger partial charge in [0.1, 0.15) is 4.90 Å². The number of Topliss-reactive ketones (excluding diaryl/α,β-unsaturated/α-hetero) is 1. The van der Waals surface area contributed by atoms with Crippen molar-refractivity contribution < 1.29 is 18.0 Å². The predicted molar refractivity (Wildman–Crippen MR) is 128 cm³/mol. The summed E-state index contributed by atoms with van der Waals surface area (Å²) in [7, 11) is -4.08. The lowest BCUT2D eigenvalue weighted by molar-refractivity contribution is -0.159. The Bertz CT molecular complexity index is 1090. The van der Waals surface area contributed by atoms with E-state index in [0.29, 0.717) is 18.3 Å². The summed E-state index contributed by atoms with van der Waals surface area (Å²) in [6, 6.07) is 4.46. The molecule has 1 aromatic carbocycles. The van der Waals surface area contributed by atoms with Crippen LogP contribution in [0.15, 0.2) is 23.1 Å². The first-order valence-electron chi connectivity index (χ1n) is 11.6. The smallest absolute Gasteiger partial charge is 0.245 e. The molecule has 33 heavy (non-hydrogen) atoms. The summed E-state index contributed by atoms with van der Waals surface area (Å²) >= 11 is 12.3. The van der Waals surface area contributed by atoms with Crippen LogP contribution in [0.2, 0.25) is 10.0 Å². The molecule has 0 heterocycles. The van der Waals surface area contributed by atoms with Crippen LogP contribution in [-0.2, 0) is 19.6 Å². The first-order valence-corrected chi connectivity index (χ1v) is 13.8. The average Bonchev–Trinajstić information content (AvgIpc) is 2.68. The Kier molecular flexibility index (Phi) is 6.21. The molecule has 2 N–H and O–H groups in total. The molecule has 2 atom stereocenters. The van der Waals surface area contributed by atoms with E-state index in [1.165, 1.54) is 22.5 Å². The quantitative estimate of drug-likeness (QED) is 0.537. The molecule has 0 radical (unpaired) electrons. The van der Waals surface area contributed by atoms with Crippen LogP contribution in [0.25, 0.3) is 0 Å². The van der Waals surface area contributed by atoms with Crippen LogP contribution in [0.3, 0.4) is 0 Å². The van der Waals surface area contributed by atoms with Crippen LogP contribution in [0.1, 0.15) is 65.7 Å². The van der Waals surface area contributed by atoms with Crippen LogP contribution in [0, 0.1) is 22.7 Å². The molecule has 2 unspecified atom stereocenters. The van der Waals surface area contributed by atoms with Crippen molar-refractivity contribution in [2.75, 3.05) is 6.54 Å². The first-order chi connectivity index (χ1) is 15.3. The van der Waals surface area contributed by atoms with Gasteiger partial charge in [0.2, 0.25) is 15.9 Å². The average molecular weight is 516 g/mol. The van der Waals surface area contributed by atoms with Crippen molar-refractivity contribution in [2.24, 2.45) is 28.4 Å². The van der Waals surface area contributed by atoms with Gasteiger partial charge in [0.05, 0.1) is 21.0 Å². The number of carbonyl (C=O) groups excluding carboxylic acids is 2. The van der Waals surface area contributed by atoms with E-state index in [9.17, 15) is 18.0 Å². The normalized spacial score (nSPS) is 31.2. The van der Waals surface area contributed by atoms with E-state index in [4.69, 9.17) is 28.9 Å². The second-order valence-electron chi connectivity index (χ2n) is 11.0. The van der Waals surface area contributed by atoms with E-state index in [1.807, 2.05) is 0 Å². The Hall–Kier alpha value is -1.15. The van der Waals surface area contributed by atoms with Crippen molar-refractivity contribution in [1.29, 1.82) is 0 Å². The predicted octanol–water partition coefficient (Wildman–Crippen LogP) is 4.81. The molecule has 4 fully saturated rings. The topological polar surface area (TPSA) is 97.5 Å². The van der Waals surface area contributed by atoms with Gasteiger partial charge in [-0.05, 0) is 81.8 Å². The first kappa shape index (κ1) is 25.0. The summed E-state index contributed by atoms with van der Waals surface area (Å²) in [5, 5.41) is 0.0913. The van der Waals surface area contributed by atoms with Crippen molar-refractivity contribution in [3.8, 4) is 0 Å². The lowest BCUT2D eigenvalue weighted by Gasteiger charge is -2.61. The third-order valence-corrected chi connectivity index (χ3v) is 11.4. The van der Waals surface area contributed by atoms with E-state index in [2.05, 4.69) is 0 Å². The number of rotatable bonds is 8. The minimum Gasteiger partial charge on any atom is -0.369 e. The number of benzene rings is 1. The Morgan fingerprint density at radius 2 is 1.76 bits per heavy atom. The number of primary amides is 1. The highest BCUT2D eigenvalue weighted by molar-refractivity contribution is 7.89. The molecule has 1 aromatic rings. The third kappa shape index (κ3) is 4.03. The van der Waals surface area contributed by atoms with Crippen LogP contribution >= 0.6 is 23.2 Å². The summed E-state index contributed by atoms with van der Waals surface area (Å²) < 4.78 is 28.3. The highest BCUT2D eigenvalue weighted by atomic mass is 35.5. The zero-order valence-corrected chi connectivity index (χ0v) is 21.7. The van der Waals surface area contributed by atoms with Crippen molar-refractivity contribution in [2.45, 2.75) is 76.2 Å². The maximum absolute atomic E-state index is 13.8. The van der Waals surface area contributed by atoms with Crippen LogP contribution in [0.5, 0.6) is 0 Å². The second-order valence-corrected chi connectivity index (χ2v) is 13.6. The van der Waals surface area contributed by atoms with Crippen LogP contribution in [0.4, 0.5) is 0 Å². The van der Waals surface area contributed by atoms with Crippen LogP contribution < -0.4 is 5.73 Å². The Morgan fingerprint density at radius 3 is 2.30 bits per heavy atom. The molecule has 9 heteroatoms. The standard InChI is InChI=1S/C24H32Cl2N2O4S/c1-4-28(33(31,32)18-7-5-6-17(25)20(18)26)22(2,3)19(29)13-23-9-15-8-16(10-23)12-24(11-15,14-23)21(27)30/h5-7,15-16H,4,8-14H2,1-3H3,(H2,27,30). The minimum atomic E-state index is -4.08. The van der Waals surface area contributed by atoms with Gasteiger partial charge in [0.25, 0.3) is 0 Å². The van der Waals surface area contributed by atoms with Gasteiger partial charge < -0.3 is 5.73 Å². The van der Waals surface area contributed by atoms with Crippen molar-refractivity contribution in [1.82, 2.24) is 4.31 Å². The molecule has 4 aliphatic carbocycles. The number of hydrogen-bond donors (Lipinski definition) is 1. The number of nitrogens with zero attached hydrogens (tertiary/aromatic N) is 1. The zero-order chi connectivity index (χ0) is 24.4. The molecule has 4 aliphatic rings. The fourth-order valence-corrected chi connectivity index (χ4v) is 9.83. The van der Waals surface area contributed by atoms with E-state index < -0.39 is 21.0 Å². The lowest BCUT2D eigenvalue weighted by Crippen LogP contribution is -2.59. The number of carbonyl (C=O) groups is 2. The summed E-state index contributed by atoms with van der Waals surface area (Å²) in [4.78, 5) is 26.1. The molecule has 4 saturated carbocycles. The number of halogens is 2. The second kappa shape index (κ2) is 8.21. The van der Waals surface area contributed by atoms with Crippen molar-refractivity contribution >= 4 is 44.9 Å². The van der Waals surface area contributed by atoms with Gasteiger partial charge in [-0.3, -0.25) is 9.59 Å². The lowest BCUT2D eigenvalue weighted by atomic mass is 9.43. The largest absolute Gasteiger partial charge is 0.369 e. The van der Waals surface area contributed by atoms with Gasteiger partial charge in [-0.15, -0.1) is 0 Å². The van der Waals surface area contributed by atoms with Gasteiger partial charge >= 0.3 is 0 Å². The zero-order valence-electron chi connectivity index (χ0n) is 19.4. The van der Waals surface area contributed by atoms with Crippen LogP contribution in [-0.4, -0.2) is 36.5 Å². The van der Waals surface area contributed by atoms with E-state index in [0.717, 1.165) is 32.1 Å². The molecule has 6 nitrogen and oxygen atoms in total. The summed E-state index contributed by atoms with van der Waals surface area (Å²) in [5.41, 5.74) is 3.76. The number of ketones is 1. The minimum absolute atomic E-state index is 0.0506. The number of amides is 1. The molecule has 4 bridgehead atoms. The van der Waals surface area contributed by atoms with Gasteiger partial charge in [0, 0.05) is 13.0 Å². The molecule has 0 spiro atoms. The molecule has 0 aromatic heterocycles. The number of likely N-dealkylation sites (N-methyl/N-ethyl adjacent to an activating group) is 1. The third-order valence-electron chi connectivity index (χ3n) is 8.32. The number of nitrogens with two attached hydrogens (primary N) is 1. The maximum atomic E-state index is 13.8. The van der Waals surface area contributed by atoms with Crippen molar-refractivity contribution in [3.63, 3.8) is 0 Å². The highest BCUT2D eigenvalue weighted by Gasteiger charge is 2.61. The summed E-state index contributed by atoms with van der Waals surface area (Å²) in [5.74, 6) is 0.422. The monoisotopic (exact) mass is 514 g/mol. The molecular formula is C24H32Cl2N2O4S. The maximum Gasteiger partial charge on any atom is 0.245 e. The van der Waals surface area contributed by atoms with Gasteiger partial charge in [-0.25, -0.2) is 8.42 Å². The van der Waals surface area contributed by atoms with E-state index >= 15 is 0 Å². The van der Waals surface area contributed by atoms with Crippen molar-refractivity contribution in [3.05, 3.63) is 28.2 Å². The SMILES string of the molecule is CCN(C(C)(C)C(=O)CC12CC3CC(C1)CC(C(N)=O)(C3)C2)S(=O)(=O)c1cccc(Cl)c1Cl. The molecule has 0 saturated heterocycles. The van der Waals surface area contributed by atoms with E-state index in [1.54, 1.807) is 20.8 Å². The number of hydrogen-bond acceptors (Lipinski definition) is 4. The molecule has 0 aliphatic heterocycles. The Labute approximate surface area is 206 Å². The Balaban J connectivity index is 1.63. The van der Waals surface area contributed by atoms with Gasteiger partial charge in [-0.1, -0.05) is 36.2 Å². The number of sulfonamides is 1. The summed E-state index contributed by atoms with van der Waals surface area (Å²) in [6.07, 6.45) is 5.41. The summed E-state index contributed by atoms with van der Waals surface area (Å²) in [6.45, 7) is 5.11. The molecular weight excluding hydrogens is 483 g/mol. The molecule has 182 valence electrons. The fraction of sp³-hybridized carbons (Fsp3) is 0.667. The fourth-order valence-electron chi connectivity index (χ4n) is 7.31.